The zero-order chi connectivity index (χ0) is 10.6. The van der Waals surface area contributed by atoms with Crippen molar-refractivity contribution in [1.29, 1.82) is 0 Å². The maximum atomic E-state index is 10.6. The van der Waals surface area contributed by atoms with E-state index in [1.54, 1.807) is 0 Å². The van der Waals surface area contributed by atoms with Crippen LogP contribution >= 0.6 is 0 Å². The van der Waals surface area contributed by atoms with E-state index >= 15 is 0 Å². The molecule has 0 bridgehead atoms. The molecule has 0 spiro atoms. The Hall–Kier alpha value is -1.11. The number of rotatable bonds is 3. The Kier molecular flexibility index (Phi) is 3.45. The molecule has 1 rings (SSSR count). The summed E-state index contributed by atoms with van der Waals surface area (Å²) in [6.07, 6.45) is 1.62. The summed E-state index contributed by atoms with van der Waals surface area (Å²) in [4.78, 5) is 10.6. The van der Waals surface area contributed by atoms with E-state index in [4.69, 9.17) is 0 Å². The van der Waals surface area contributed by atoms with Gasteiger partial charge in [-0.2, -0.15) is 0 Å². The summed E-state index contributed by atoms with van der Waals surface area (Å²) in [7, 11) is 0. The summed E-state index contributed by atoms with van der Waals surface area (Å²) in [5.74, 6) is 0.321. The van der Waals surface area contributed by atoms with Crippen molar-refractivity contribution in [3.8, 4) is 0 Å². The summed E-state index contributed by atoms with van der Waals surface area (Å²) < 4.78 is 0. The van der Waals surface area contributed by atoms with E-state index in [1.807, 2.05) is 18.2 Å². The van der Waals surface area contributed by atoms with Gasteiger partial charge < -0.3 is 4.79 Å². The van der Waals surface area contributed by atoms with Crippen LogP contribution in [0.15, 0.2) is 30.3 Å². The summed E-state index contributed by atoms with van der Waals surface area (Å²) in [5, 5.41) is 0. The fourth-order valence-electron chi connectivity index (χ4n) is 1.77. The van der Waals surface area contributed by atoms with Gasteiger partial charge in [0.05, 0.1) is 0 Å². The van der Waals surface area contributed by atoms with Crippen molar-refractivity contribution < 1.29 is 4.79 Å². The third-order valence-electron chi connectivity index (χ3n) is 2.58. The third-order valence-corrected chi connectivity index (χ3v) is 2.58. The second-order valence-corrected chi connectivity index (χ2v) is 4.73. The van der Waals surface area contributed by atoms with Gasteiger partial charge in [0, 0.05) is 6.42 Å². The van der Waals surface area contributed by atoms with Gasteiger partial charge in [-0.05, 0) is 16.9 Å². The van der Waals surface area contributed by atoms with Gasteiger partial charge >= 0.3 is 0 Å². The molecular weight excluding hydrogens is 172 g/mol. The number of carbonyl (C=O) groups is 1. The molecule has 0 N–H and O–H groups in total. The first-order valence-corrected chi connectivity index (χ1v) is 5.04. The molecule has 0 saturated heterocycles. The van der Waals surface area contributed by atoms with Crippen molar-refractivity contribution in [1.82, 2.24) is 0 Å². The smallest absolute Gasteiger partial charge is 0.120 e. The molecule has 0 fully saturated rings. The molecule has 0 aliphatic carbocycles. The molecule has 14 heavy (non-hydrogen) atoms. The maximum absolute atomic E-state index is 10.6. The predicted octanol–water partition coefficient (Wildman–Crippen LogP) is 3.41. The molecule has 76 valence electrons. The van der Waals surface area contributed by atoms with Crippen LogP contribution in [0.3, 0.4) is 0 Å². The topological polar surface area (TPSA) is 17.1 Å². The number of hydrogen-bond donors (Lipinski definition) is 0. The Morgan fingerprint density at radius 3 is 2.21 bits per heavy atom. The van der Waals surface area contributed by atoms with Gasteiger partial charge in [-0.25, -0.2) is 0 Å². The van der Waals surface area contributed by atoms with Gasteiger partial charge in [-0.3, -0.25) is 0 Å². The number of carbonyl (C=O) groups excluding carboxylic acids is 1. The van der Waals surface area contributed by atoms with E-state index in [-0.39, 0.29) is 5.41 Å². The van der Waals surface area contributed by atoms with E-state index < -0.39 is 0 Å². The summed E-state index contributed by atoms with van der Waals surface area (Å²) in [5.41, 5.74) is 1.40. The predicted molar refractivity (Wildman–Crippen MR) is 59.3 cm³/mol. The van der Waals surface area contributed by atoms with Crippen molar-refractivity contribution in [2.45, 2.75) is 33.1 Å². The van der Waals surface area contributed by atoms with Crippen LogP contribution in [-0.2, 0) is 4.79 Å². The quantitative estimate of drug-likeness (QED) is 0.667. The first-order valence-electron chi connectivity index (χ1n) is 5.04. The minimum atomic E-state index is 0.141. The van der Waals surface area contributed by atoms with E-state index in [0.717, 1.165) is 6.29 Å². The molecule has 1 atom stereocenters. The molecule has 0 amide bonds. The SMILES string of the molecule is CC(C)(C)[C@H](CC=O)c1ccccc1. The highest BCUT2D eigenvalue weighted by Gasteiger charge is 2.25. The van der Waals surface area contributed by atoms with Crippen LogP contribution in [0, 0.1) is 5.41 Å². The molecule has 1 heteroatoms. The molecule has 1 nitrogen and oxygen atoms in total. The number of hydrogen-bond acceptors (Lipinski definition) is 1. The zero-order valence-electron chi connectivity index (χ0n) is 9.16. The lowest BCUT2D eigenvalue weighted by Crippen LogP contribution is -2.18. The van der Waals surface area contributed by atoms with Crippen molar-refractivity contribution in [3.05, 3.63) is 35.9 Å². The monoisotopic (exact) mass is 190 g/mol. The normalized spacial score (nSPS) is 13.6. The zero-order valence-corrected chi connectivity index (χ0v) is 9.16. The lowest BCUT2D eigenvalue weighted by molar-refractivity contribution is -0.108. The fraction of sp³-hybridized carbons (Fsp3) is 0.462. The van der Waals surface area contributed by atoms with Crippen molar-refractivity contribution in [2.75, 3.05) is 0 Å². The van der Waals surface area contributed by atoms with Crippen LogP contribution in [0.2, 0.25) is 0 Å². The maximum Gasteiger partial charge on any atom is 0.120 e. The average Bonchev–Trinajstić information content (AvgIpc) is 2.14. The molecule has 0 aliphatic heterocycles. The fourth-order valence-corrected chi connectivity index (χ4v) is 1.77. The molecule has 0 aliphatic rings. The first kappa shape index (κ1) is 11.0. The number of aldehydes is 1. The third kappa shape index (κ3) is 2.69. The van der Waals surface area contributed by atoms with Crippen LogP contribution < -0.4 is 0 Å². The molecule has 0 saturated carbocycles. The van der Waals surface area contributed by atoms with E-state index in [2.05, 4.69) is 32.9 Å². The Morgan fingerprint density at radius 2 is 1.79 bits per heavy atom. The van der Waals surface area contributed by atoms with Gasteiger partial charge in [-0.15, -0.1) is 0 Å². The van der Waals surface area contributed by atoms with Gasteiger partial charge in [0.15, 0.2) is 0 Å². The molecule has 0 heterocycles. The minimum absolute atomic E-state index is 0.141. The second kappa shape index (κ2) is 4.41. The van der Waals surface area contributed by atoms with E-state index in [1.165, 1.54) is 5.56 Å². The second-order valence-electron chi connectivity index (χ2n) is 4.73. The van der Waals surface area contributed by atoms with Crippen LogP contribution in [-0.4, -0.2) is 6.29 Å². The highest BCUT2D eigenvalue weighted by atomic mass is 16.1. The molecule has 0 unspecified atom stereocenters. The van der Waals surface area contributed by atoms with Crippen molar-refractivity contribution >= 4 is 6.29 Å². The molecule has 0 aromatic heterocycles. The van der Waals surface area contributed by atoms with Crippen molar-refractivity contribution in [2.24, 2.45) is 5.41 Å². The van der Waals surface area contributed by atoms with Crippen LogP contribution in [0.1, 0.15) is 38.7 Å². The summed E-state index contributed by atoms with van der Waals surface area (Å²) >= 11 is 0. The van der Waals surface area contributed by atoms with Gasteiger partial charge in [0.2, 0.25) is 0 Å². The first-order chi connectivity index (χ1) is 6.55. The van der Waals surface area contributed by atoms with E-state index in [0.29, 0.717) is 12.3 Å². The van der Waals surface area contributed by atoms with E-state index in [9.17, 15) is 4.79 Å². The highest BCUT2D eigenvalue weighted by molar-refractivity contribution is 5.52. The molecule has 1 aromatic carbocycles. The molecule has 0 radical (unpaired) electrons. The van der Waals surface area contributed by atoms with Crippen molar-refractivity contribution in [3.63, 3.8) is 0 Å². The van der Waals surface area contributed by atoms with Crippen LogP contribution in [0.25, 0.3) is 0 Å². The van der Waals surface area contributed by atoms with Gasteiger partial charge in [0.25, 0.3) is 0 Å². The molecular formula is C13H18O. The van der Waals surface area contributed by atoms with Crippen LogP contribution in [0.5, 0.6) is 0 Å². The Labute approximate surface area is 86.1 Å². The Bertz CT molecular complexity index is 282. The largest absolute Gasteiger partial charge is 0.303 e. The summed E-state index contributed by atoms with van der Waals surface area (Å²) in [6.45, 7) is 6.52. The Balaban J connectivity index is 2.95. The highest BCUT2D eigenvalue weighted by Crippen LogP contribution is 2.36. The Morgan fingerprint density at radius 1 is 1.21 bits per heavy atom. The lowest BCUT2D eigenvalue weighted by atomic mass is 9.75. The van der Waals surface area contributed by atoms with Crippen LogP contribution in [0.4, 0.5) is 0 Å². The molecule has 1 aromatic rings. The lowest BCUT2D eigenvalue weighted by Gasteiger charge is -2.29. The minimum Gasteiger partial charge on any atom is -0.303 e. The summed E-state index contributed by atoms with van der Waals surface area (Å²) in [6, 6.07) is 10.3. The standard InChI is InChI=1S/C13H18O/c1-13(2,3)12(9-10-14)11-7-5-4-6-8-11/h4-8,10,12H,9H2,1-3H3/t12-/m1/s1. The van der Waals surface area contributed by atoms with Gasteiger partial charge in [0.1, 0.15) is 6.29 Å². The average molecular weight is 190 g/mol. The van der Waals surface area contributed by atoms with Gasteiger partial charge in [-0.1, -0.05) is 51.1 Å². The number of benzene rings is 1.